The predicted molar refractivity (Wildman–Crippen MR) is 165 cm³/mol. The summed E-state index contributed by atoms with van der Waals surface area (Å²) in [5, 5.41) is 0. The molecule has 0 aromatic rings. The number of hydrogen-bond donors (Lipinski definition) is 0. The van der Waals surface area contributed by atoms with E-state index in [2.05, 4.69) is 48.5 Å². The molecule has 1 aliphatic rings. The zero-order chi connectivity index (χ0) is 29.4. The van der Waals surface area contributed by atoms with Gasteiger partial charge in [-0.3, -0.25) is 9.59 Å². The molecule has 0 spiro atoms. The van der Waals surface area contributed by atoms with E-state index in [0.717, 1.165) is 38.5 Å². The summed E-state index contributed by atoms with van der Waals surface area (Å²) in [6.45, 7) is 17.5. The van der Waals surface area contributed by atoms with Crippen LogP contribution in [0.5, 0.6) is 0 Å². The molecule has 0 saturated heterocycles. The van der Waals surface area contributed by atoms with E-state index in [-0.39, 0.29) is 28.7 Å². The van der Waals surface area contributed by atoms with E-state index in [1.807, 2.05) is 6.92 Å². The lowest BCUT2D eigenvalue weighted by atomic mass is 9.64. The highest BCUT2D eigenvalue weighted by atomic mass is 16.5. The lowest BCUT2D eigenvalue weighted by molar-refractivity contribution is -0.176. The number of rotatable bonds is 19. The first kappa shape index (κ1) is 36.0. The van der Waals surface area contributed by atoms with E-state index in [4.69, 9.17) is 9.47 Å². The van der Waals surface area contributed by atoms with Crippen LogP contribution in [0, 0.1) is 28.1 Å². The van der Waals surface area contributed by atoms with Gasteiger partial charge in [0.15, 0.2) is 0 Å². The molecule has 0 bridgehead atoms. The maximum Gasteiger partial charge on any atom is 0.312 e. The second-order valence-electron chi connectivity index (χ2n) is 15.2. The van der Waals surface area contributed by atoms with Crippen LogP contribution in [0.4, 0.5) is 0 Å². The minimum atomic E-state index is -0.847. The average Bonchev–Trinajstić information content (AvgIpc) is 2.86. The summed E-state index contributed by atoms with van der Waals surface area (Å²) in [6.07, 6.45) is 21.5. The smallest absolute Gasteiger partial charge is 0.312 e. The molecule has 0 aliphatic heterocycles. The number of ether oxygens (including phenoxy) is 2. The van der Waals surface area contributed by atoms with E-state index in [0.29, 0.717) is 19.6 Å². The predicted octanol–water partition coefficient (Wildman–Crippen LogP) is 10.5. The Morgan fingerprint density at radius 3 is 1.54 bits per heavy atom. The molecule has 0 radical (unpaired) electrons. The first-order valence-corrected chi connectivity index (χ1v) is 16.6. The van der Waals surface area contributed by atoms with Crippen LogP contribution >= 0.6 is 0 Å². The van der Waals surface area contributed by atoms with Crippen LogP contribution in [-0.2, 0) is 19.1 Å². The molecule has 4 heteroatoms. The number of hydrogen-bond acceptors (Lipinski definition) is 4. The van der Waals surface area contributed by atoms with E-state index >= 15 is 0 Å². The van der Waals surface area contributed by atoms with Crippen LogP contribution < -0.4 is 0 Å². The van der Waals surface area contributed by atoms with Gasteiger partial charge in [-0.05, 0) is 42.9 Å². The van der Waals surface area contributed by atoms with Crippen molar-refractivity contribution in [1.82, 2.24) is 0 Å². The molecule has 0 heterocycles. The van der Waals surface area contributed by atoms with Crippen LogP contribution in [0.2, 0.25) is 0 Å². The molecular formula is C35H66O4. The van der Waals surface area contributed by atoms with Crippen molar-refractivity contribution in [2.45, 2.75) is 171 Å². The van der Waals surface area contributed by atoms with Gasteiger partial charge >= 0.3 is 11.9 Å². The Labute approximate surface area is 243 Å². The second kappa shape index (κ2) is 18.4. The summed E-state index contributed by atoms with van der Waals surface area (Å²) in [6, 6.07) is 0. The summed E-state index contributed by atoms with van der Waals surface area (Å²) in [7, 11) is 0. The topological polar surface area (TPSA) is 52.6 Å². The zero-order valence-electron chi connectivity index (χ0n) is 27.4. The number of esters is 2. The molecule has 2 atom stereocenters. The molecule has 4 nitrogen and oxygen atoms in total. The monoisotopic (exact) mass is 550 g/mol. The average molecular weight is 551 g/mol. The van der Waals surface area contributed by atoms with Crippen molar-refractivity contribution in [3.05, 3.63) is 0 Å². The van der Waals surface area contributed by atoms with Gasteiger partial charge in [-0.1, -0.05) is 145 Å². The van der Waals surface area contributed by atoms with Crippen molar-refractivity contribution in [2.24, 2.45) is 28.1 Å². The summed E-state index contributed by atoms with van der Waals surface area (Å²) in [5.74, 6) is -0.634. The first-order chi connectivity index (χ1) is 18.3. The zero-order valence-corrected chi connectivity index (χ0v) is 27.4. The highest BCUT2D eigenvalue weighted by Gasteiger charge is 2.51. The maximum absolute atomic E-state index is 13.8. The van der Waals surface area contributed by atoms with Crippen molar-refractivity contribution in [2.75, 3.05) is 13.2 Å². The fourth-order valence-electron chi connectivity index (χ4n) is 5.98. The molecule has 1 saturated carbocycles. The van der Waals surface area contributed by atoms with Gasteiger partial charge in [-0.25, -0.2) is 0 Å². The quantitative estimate of drug-likeness (QED) is 0.119. The molecule has 39 heavy (non-hydrogen) atoms. The normalized spacial score (nSPS) is 17.4. The van der Waals surface area contributed by atoms with E-state index in [1.165, 1.54) is 70.6 Å². The fourth-order valence-corrected chi connectivity index (χ4v) is 5.98. The van der Waals surface area contributed by atoms with Gasteiger partial charge in [0.05, 0.1) is 24.5 Å². The van der Waals surface area contributed by atoms with Crippen LogP contribution in [0.25, 0.3) is 0 Å². The Hall–Kier alpha value is -1.06. The molecule has 0 N–H and O–H groups in total. The Balaban J connectivity index is 2.83. The lowest BCUT2D eigenvalue weighted by Gasteiger charge is -2.41. The van der Waals surface area contributed by atoms with Crippen LogP contribution in [-0.4, -0.2) is 25.2 Å². The summed E-state index contributed by atoms with van der Waals surface area (Å²) in [5.41, 5.74) is -1.06. The third kappa shape index (κ3) is 15.5. The Morgan fingerprint density at radius 1 is 0.641 bits per heavy atom. The van der Waals surface area contributed by atoms with Crippen LogP contribution in [0.15, 0.2) is 0 Å². The first-order valence-electron chi connectivity index (χ1n) is 16.6. The molecule has 0 aromatic heterocycles. The van der Waals surface area contributed by atoms with Crippen molar-refractivity contribution in [1.29, 1.82) is 0 Å². The highest BCUT2D eigenvalue weighted by molar-refractivity contribution is 5.85. The van der Waals surface area contributed by atoms with Crippen LogP contribution in [0.3, 0.4) is 0 Å². The second-order valence-corrected chi connectivity index (χ2v) is 15.2. The molecule has 1 fully saturated rings. The van der Waals surface area contributed by atoms with E-state index < -0.39 is 11.3 Å². The third-order valence-electron chi connectivity index (χ3n) is 8.36. The minimum Gasteiger partial charge on any atom is -0.465 e. The summed E-state index contributed by atoms with van der Waals surface area (Å²) in [4.78, 5) is 27.5. The van der Waals surface area contributed by atoms with Crippen molar-refractivity contribution in [3.63, 3.8) is 0 Å². The van der Waals surface area contributed by atoms with Crippen LogP contribution in [0.1, 0.15) is 171 Å². The van der Waals surface area contributed by atoms with Crippen molar-refractivity contribution in [3.8, 4) is 0 Å². The third-order valence-corrected chi connectivity index (χ3v) is 8.36. The molecular weight excluding hydrogens is 484 g/mol. The van der Waals surface area contributed by atoms with Gasteiger partial charge in [0.25, 0.3) is 0 Å². The lowest BCUT2D eigenvalue weighted by Crippen LogP contribution is -2.47. The molecule has 1 rings (SSSR count). The van der Waals surface area contributed by atoms with Crippen molar-refractivity contribution < 1.29 is 19.1 Å². The fraction of sp³-hybridized carbons (Fsp3) is 0.943. The minimum absolute atomic E-state index is 0.106. The SMILES string of the molecule is CCCCCCCCCCCCCCC(C)(C(=O)OCC(C)(C)C)C(C(=O)OCC(C)(C)C)C1CCCCC1. The van der Waals surface area contributed by atoms with Crippen molar-refractivity contribution >= 4 is 11.9 Å². The summed E-state index contributed by atoms with van der Waals surface area (Å²) >= 11 is 0. The molecule has 0 amide bonds. The summed E-state index contributed by atoms with van der Waals surface area (Å²) < 4.78 is 11.9. The standard InChI is InChI=1S/C35H66O4/c1-9-10-11-12-13-14-15-16-17-18-19-23-26-35(8,32(37)39-28-34(5,6)7)30(29-24-21-20-22-25-29)31(36)38-27-33(2,3)4/h29-30H,9-28H2,1-8H3. The highest BCUT2D eigenvalue weighted by Crippen LogP contribution is 2.45. The Kier molecular flexibility index (Phi) is 17.0. The van der Waals surface area contributed by atoms with Gasteiger partial charge in [-0.15, -0.1) is 0 Å². The van der Waals surface area contributed by atoms with Gasteiger partial charge in [-0.2, -0.15) is 0 Å². The van der Waals surface area contributed by atoms with Gasteiger partial charge in [0.1, 0.15) is 0 Å². The largest absolute Gasteiger partial charge is 0.465 e. The Bertz CT molecular complexity index is 665. The van der Waals surface area contributed by atoms with Gasteiger partial charge in [0, 0.05) is 0 Å². The molecule has 0 aromatic carbocycles. The molecule has 1 aliphatic carbocycles. The van der Waals surface area contributed by atoms with Gasteiger partial charge in [0.2, 0.25) is 0 Å². The van der Waals surface area contributed by atoms with E-state index in [1.54, 1.807) is 0 Å². The number of carbonyl (C=O) groups excluding carboxylic acids is 2. The van der Waals surface area contributed by atoms with E-state index in [9.17, 15) is 9.59 Å². The number of carbonyl (C=O) groups is 2. The van der Waals surface area contributed by atoms with Gasteiger partial charge < -0.3 is 9.47 Å². The number of unbranched alkanes of at least 4 members (excludes halogenated alkanes) is 11. The molecule has 230 valence electrons. The molecule has 2 unspecified atom stereocenters. The Morgan fingerprint density at radius 2 is 1.08 bits per heavy atom. The maximum atomic E-state index is 13.8.